The molecule has 6 rings (SSSR count). The van der Waals surface area contributed by atoms with Gasteiger partial charge in [0.1, 0.15) is 12.1 Å². The number of carbonyl (C=O) groups is 1. The first-order valence-corrected chi connectivity index (χ1v) is 14.3. The SMILES string of the molecule is COC[C@]12CCC(C)CC1CCC1C3CC[C@H](C(=O)Cn4nnc5c(F)c(Cl)ccc54)C3(C)CCC12. The number of carbonyl (C=O) groups excluding carboxylic acids is 1. The van der Waals surface area contributed by atoms with Crippen LogP contribution < -0.4 is 0 Å². The summed E-state index contributed by atoms with van der Waals surface area (Å²) < 4.78 is 21.9. The van der Waals surface area contributed by atoms with Crippen molar-refractivity contribution in [3.05, 3.63) is 23.0 Å². The van der Waals surface area contributed by atoms with Crippen molar-refractivity contribution in [2.75, 3.05) is 13.7 Å². The van der Waals surface area contributed by atoms with Gasteiger partial charge in [0.05, 0.1) is 17.1 Å². The van der Waals surface area contributed by atoms with Crippen LogP contribution in [0.4, 0.5) is 4.39 Å². The number of benzene rings is 1. The molecule has 4 fully saturated rings. The number of methoxy groups -OCH3 is 1. The minimum absolute atomic E-state index is 0.0252. The minimum atomic E-state index is -0.572. The Balaban J connectivity index is 1.24. The summed E-state index contributed by atoms with van der Waals surface area (Å²) in [5.41, 5.74) is 1.03. The van der Waals surface area contributed by atoms with Gasteiger partial charge in [0.2, 0.25) is 0 Å². The van der Waals surface area contributed by atoms with Crippen LogP contribution in [0, 0.1) is 52.2 Å². The van der Waals surface area contributed by atoms with Crippen LogP contribution in [0.5, 0.6) is 0 Å². The average molecular weight is 516 g/mol. The molecule has 0 N–H and O–H groups in total. The monoisotopic (exact) mass is 515 g/mol. The molecule has 2 aromatic rings. The zero-order valence-electron chi connectivity index (χ0n) is 21.8. The van der Waals surface area contributed by atoms with Gasteiger partial charge in [0, 0.05) is 13.0 Å². The van der Waals surface area contributed by atoms with Gasteiger partial charge in [0.15, 0.2) is 11.6 Å². The molecule has 0 amide bonds. The van der Waals surface area contributed by atoms with Gasteiger partial charge < -0.3 is 4.74 Å². The van der Waals surface area contributed by atoms with Gasteiger partial charge in [0.25, 0.3) is 0 Å². The Morgan fingerprint density at radius 2 is 2.00 bits per heavy atom. The number of halogens is 2. The third kappa shape index (κ3) is 3.60. The third-order valence-corrected chi connectivity index (χ3v) is 11.6. The number of hydrogen-bond acceptors (Lipinski definition) is 4. The Morgan fingerprint density at radius 1 is 1.17 bits per heavy atom. The minimum Gasteiger partial charge on any atom is -0.384 e. The Labute approximate surface area is 218 Å². The fraction of sp³-hybridized carbons (Fsp3) is 0.759. The maximum absolute atomic E-state index is 14.4. The lowest BCUT2D eigenvalue weighted by molar-refractivity contribution is -0.154. The molecule has 0 saturated heterocycles. The number of aromatic nitrogens is 3. The second-order valence-corrected chi connectivity index (χ2v) is 13.2. The summed E-state index contributed by atoms with van der Waals surface area (Å²) in [5.74, 6) is 3.32. The summed E-state index contributed by atoms with van der Waals surface area (Å²) in [7, 11) is 1.89. The van der Waals surface area contributed by atoms with Crippen LogP contribution in [0.2, 0.25) is 5.02 Å². The van der Waals surface area contributed by atoms with Crippen LogP contribution >= 0.6 is 11.6 Å². The number of ketones is 1. The molecule has 4 aliphatic rings. The second-order valence-electron chi connectivity index (χ2n) is 12.8. The maximum Gasteiger partial charge on any atom is 0.171 e. The first-order chi connectivity index (χ1) is 17.3. The molecule has 196 valence electrons. The predicted octanol–water partition coefficient (Wildman–Crippen LogP) is 6.71. The zero-order valence-corrected chi connectivity index (χ0v) is 22.6. The molecule has 1 aromatic heterocycles. The molecule has 1 aromatic carbocycles. The van der Waals surface area contributed by atoms with E-state index in [2.05, 4.69) is 24.2 Å². The van der Waals surface area contributed by atoms with Gasteiger partial charge >= 0.3 is 0 Å². The molecule has 36 heavy (non-hydrogen) atoms. The summed E-state index contributed by atoms with van der Waals surface area (Å²) in [5, 5.41) is 8.11. The smallest absolute Gasteiger partial charge is 0.171 e. The van der Waals surface area contributed by atoms with E-state index in [4.69, 9.17) is 16.3 Å². The van der Waals surface area contributed by atoms with Gasteiger partial charge in [-0.2, -0.15) is 0 Å². The van der Waals surface area contributed by atoms with Crippen molar-refractivity contribution in [1.82, 2.24) is 15.0 Å². The second kappa shape index (κ2) is 9.04. The number of fused-ring (bicyclic) bond motifs is 6. The van der Waals surface area contributed by atoms with Crippen LogP contribution in [-0.4, -0.2) is 34.5 Å². The standard InChI is InChI=1S/C29H39ClFN3O2/c1-17-10-13-29(16-36-3)18(14-17)4-5-19-20-6-7-22(28(20,2)12-11-21(19)29)25(35)15-34-24-9-8-23(30)26(31)27(24)32-33-34/h8-9,17-22H,4-7,10-16H2,1-3H3/t17?,18?,19?,20?,21?,22-,28?,29-/m1/s1. The van der Waals surface area contributed by atoms with E-state index in [1.807, 2.05) is 7.11 Å². The number of ether oxygens (including phenoxy) is 1. The summed E-state index contributed by atoms with van der Waals surface area (Å²) in [6.07, 6.45) is 11.0. The van der Waals surface area contributed by atoms with Crippen LogP contribution in [0.1, 0.15) is 71.6 Å². The van der Waals surface area contributed by atoms with E-state index < -0.39 is 5.82 Å². The number of rotatable bonds is 5. The fourth-order valence-electron chi connectivity index (χ4n) is 9.70. The molecule has 4 aliphatic carbocycles. The van der Waals surface area contributed by atoms with Gasteiger partial charge in [-0.25, -0.2) is 9.07 Å². The molecule has 0 aliphatic heterocycles. The fourth-order valence-corrected chi connectivity index (χ4v) is 9.85. The normalized spacial score (nSPS) is 40.0. The summed E-state index contributed by atoms with van der Waals surface area (Å²) in [6.45, 7) is 5.86. The third-order valence-electron chi connectivity index (χ3n) is 11.3. The van der Waals surface area contributed by atoms with E-state index in [-0.39, 0.29) is 34.2 Å². The lowest BCUT2D eigenvalue weighted by Gasteiger charge is -2.61. The van der Waals surface area contributed by atoms with Crippen molar-refractivity contribution in [3.8, 4) is 0 Å². The van der Waals surface area contributed by atoms with Crippen LogP contribution in [0.15, 0.2) is 12.1 Å². The zero-order chi connectivity index (χ0) is 25.2. The Kier molecular flexibility index (Phi) is 6.23. The molecule has 1 heterocycles. The number of hydrogen-bond donors (Lipinski definition) is 0. The highest BCUT2D eigenvalue weighted by Gasteiger charge is 2.62. The molecule has 5 nitrogen and oxygen atoms in total. The van der Waals surface area contributed by atoms with Crippen LogP contribution in [0.3, 0.4) is 0 Å². The van der Waals surface area contributed by atoms with Crippen molar-refractivity contribution in [2.24, 2.45) is 46.3 Å². The van der Waals surface area contributed by atoms with Gasteiger partial charge in [-0.15, -0.1) is 5.10 Å². The molecule has 0 spiro atoms. The molecule has 8 atom stereocenters. The van der Waals surface area contributed by atoms with Crippen molar-refractivity contribution in [1.29, 1.82) is 0 Å². The van der Waals surface area contributed by atoms with Crippen molar-refractivity contribution >= 4 is 28.4 Å². The number of Topliss-reactive ketones (excluding diaryl/α,β-unsaturated/α-hetero) is 1. The molecular weight excluding hydrogens is 477 g/mol. The highest BCUT2D eigenvalue weighted by Crippen LogP contribution is 2.68. The Morgan fingerprint density at radius 3 is 2.81 bits per heavy atom. The average Bonchev–Trinajstić information content (AvgIpc) is 3.42. The van der Waals surface area contributed by atoms with Crippen molar-refractivity contribution in [3.63, 3.8) is 0 Å². The highest BCUT2D eigenvalue weighted by atomic mass is 35.5. The van der Waals surface area contributed by atoms with Gasteiger partial charge in [-0.1, -0.05) is 37.1 Å². The van der Waals surface area contributed by atoms with E-state index in [0.29, 0.717) is 22.8 Å². The van der Waals surface area contributed by atoms with E-state index >= 15 is 0 Å². The lowest BCUT2D eigenvalue weighted by Crippen LogP contribution is -2.56. The van der Waals surface area contributed by atoms with Crippen LogP contribution in [-0.2, 0) is 16.1 Å². The topological polar surface area (TPSA) is 57.0 Å². The molecule has 7 heteroatoms. The van der Waals surface area contributed by atoms with Crippen molar-refractivity contribution in [2.45, 2.75) is 78.2 Å². The highest BCUT2D eigenvalue weighted by molar-refractivity contribution is 6.31. The first-order valence-electron chi connectivity index (χ1n) is 14.0. The van der Waals surface area contributed by atoms with Crippen molar-refractivity contribution < 1.29 is 13.9 Å². The predicted molar refractivity (Wildman–Crippen MR) is 138 cm³/mol. The van der Waals surface area contributed by atoms with Gasteiger partial charge in [-0.05, 0) is 104 Å². The maximum atomic E-state index is 14.4. The van der Waals surface area contributed by atoms with E-state index in [9.17, 15) is 9.18 Å². The quantitative estimate of drug-likeness (QED) is 0.443. The first kappa shape index (κ1) is 24.8. The molecule has 4 saturated carbocycles. The Bertz CT molecular complexity index is 1170. The van der Waals surface area contributed by atoms with E-state index in [0.717, 1.165) is 43.6 Å². The lowest BCUT2D eigenvalue weighted by atomic mass is 9.44. The molecular formula is C29H39ClFN3O2. The molecule has 6 unspecified atom stereocenters. The van der Waals surface area contributed by atoms with Crippen LogP contribution in [0.25, 0.3) is 11.0 Å². The van der Waals surface area contributed by atoms with E-state index in [1.54, 1.807) is 10.7 Å². The molecule has 0 bridgehead atoms. The summed E-state index contributed by atoms with van der Waals surface area (Å²) in [4.78, 5) is 13.7. The number of nitrogens with zero attached hydrogens (tertiary/aromatic N) is 3. The Hall–Kier alpha value is -1.53. The molecule has 0 radical (unpaired) electrons. The summed E-state index contributed by atoms with van der Waals surface area (Å²) >= 11 is 5.91. The van der Waals surface area contributed by atoms with Gasteiger partial charge in [-0.3, -0.25) is 4.79 Å². The largest absolute Gasteiger partial charge is 0.384 e. The van der Waals surface area contributed by atoms with E-state index in [1.165, 1.54) is 44.6 Å². The summed E-state index contributed by atoms with van der Waals surface area (Å²) in [6, 6.07) is 3.22.